The third-order valence-corrected chi connectivity index (χ3v) is 2.46. The van der Waals surface area contributed by atoms with Crippen molar-refractivity contribution >= 4 is 27.4 Å². The zero-order valence-electron chi connectivity index (χ0n) is 7.51. The van der Waals surface area contributed by atoms with Gasteiger partial charge in [-0.05, 0) is 23.8 Å². The number of anilines is 1. The molecule has 0 unspecified atom stereocenters. The highest BCUT2D eigenvalue weighted by Gasteiger charge is 2.04. The van der Waals surface area contributed by atoms with Crippen LogP contribution in [0.1, 0.15) is 29.3 Å². The molecule has 0 aliphatic rings. The second kappa shape index (κ2) is 4.42. The molecule has 0 aliphatic carbocycles. The highest BCUT2D eigenvalue weighted by Crippen LogP contribution is 2.15. The van der Waals surface area contributed by atoms with Gasteiger partial charge in [-0.25, -0.2) is 0 Å². The Bertz CT molecular complexity index is 323. The van der Waals surface area contributed by atoms with E-state index >= 15 is 0 Å². The fourth-order valence-corrected chi connectivity index (χ4v) is 1.48. The Balaban J connectivity index is 3.08. The van der Waals surface area contributed by atoms with E-state index in [4.69, 9.17) is 5.73 Å². The number of nitrogen functional groups attached to an aromatic ring is 1. The minimum Gasteiger partial charge on any atom is -0.399 e. The lowest BCUT2D eigenvalue weighted by Crippen LogP contribution is -1.99. The SMILES string of the molecule is CCC(=O)c1cc(N)cc(CBr)c1. The van der Waals surface area contributed by atoms with E-state index in [0.717, 1.165) is 10.9 Å². The molecule has 3 heteroatoms. The van der Waals surface area contributed by atoms with Gasteiger partial charge in [-0.15, -0.1) is 0 Å². The van der Waals surface area contributed by atoms with Crippen molar-refractivity contribution in [3.8, 4) is 0 Å². The van der Waals surface area contributed by atoms with Gasteiger partial charge in [-0.3, -0.25) is 4.79 Å². The van der Waals surface area contributed by atoms with Crippen LogP contribution >= 0.6 is 15.9 Å². The van der Waals surface area contributed by atoms with E-state index < -0.39 is 0 Å². The number of benzene rings is 1. The highest BCUT2D eigenvalue weighted by atomic mass is 79.9. The minimum absolute atomic E-state index is 0.134. The summed E-state index contributed by atoms with van der Waals surface area (Å²) < 4.78 is 0. The van der Waals surface area contributed by atoms with Crippen LogP contribution in [0.15, 0.2) is 18.2 Å². The molecule has 2 nitrogen and oxygen atoms in total. The lowest BCUT2D eigenvalue weighted by atomic mass is 10.1. The first kappa shape index (κ1) is 10.3. The summed E-state index contributed by atoms with van der Waals surface area (Å²) in [6, 6.07) is 5.45. The fourth-order valence-electron chi connectivity index (χ4n) is 1.16. The van der Waals surface area contributed by atoms with Gasteiger partial charge in [0.1, 0.15) is 0 Å². The first-order valence-electron chi connectivity index (χ1n) is 4.16. The van der Waals surface area contributed by atoms with Crippen LogP contribution in [-0.4, -0.2) is 5.78 Å². The van der Waals surface area contributed by atoms with Crippen molar-refractivity contribution in [1.82, 2.24) is 0 Å². The Kier molecular flexibility index (Phi) is 3.48. The standard InChI is InChI=1S/C10H12BrNO/c1-2-10(13)8-3-7(6-11)4-9(12)5-8/h3-5H,2,6,12H2,1H3. The Labute approximate surface area is 86.3 Å². The summed E-state index contributed by atoms with van der Waals surface area (Å²) in [4.78, 5) is 11.4. The first-order chi connectivity index (χ1) is 6.17. The fraction of sp³-hybridized carbons (Fsp3) is 0.300. The predicted octanol–water partition coefficient (Wildman–Crippen LogP) is 2.76. The van der Waals surface area contributed by atoms with Crippen molar-refractivity contribution in [2.24, 2.45) is 0 Å². The molecule has 0 fully saturated rings. The number of carbonyl (C=O) groups excluding carboxylic acids is 1. The number of hydrogen-bond donors (Lipinski definition) is 1. The van der Waals surface area contributed by atoms with Crippen molar-refractivity contribution in [2.45, 2.75) is 18.7 Å². The second-order valence-corrected chi connectivity index (χ2v) is 3.43. The smallest absolute Gasteiger partial charge is 0.162 e. The normalized spacial score (nSPS) is 10.0. The lowest BCUT2D eigenvalue weighted by Gasteiger charge is -2.03. The van der Waals surface area contributed by atoms with Gasteiger partial charge >= 0.3 is 0 Å². The van der Waals surface area contributed by atoms with Crippen LogP contribution < -0.4 is 5.73 Å². The van der Waals surface area contributed by atoms with E-state index in [9.17, 15) is 4.79 Å². The minimum atomic E-state index is 0.134. The van der Waals surface area contributed by atoms with Crippen molar-refractivity contribution in [1.29, 1.82) is 0 Å². The molecule has 0 saturated heterocycles. The quantitative estimate of drug-likeness (QED) is 0.503. The molecule has 1 aromatic carbocycles. The van der Waals surface area contributed by atoms with Gasteiger partial charge in [0.15, 0.2) is 5.78 Å². The molecule has 2 N–H and O–H groups in total. The van der Waals surface area contributed by atoms with Crippen LogP contribution in [0.25, 0.3) is 0 Å². The summed E-state index contributed by atoms with van der Waals surface area (Å²) in [7, 11) is 0. The topological polar surface area (TPSA) is 43.1 Å². The van der Waals surface area contributed by atoms with E-state index in [-0.39, 0.29) is 5.78 Å². The van der Waals surface area contributed by atoms with Gasteiger partial charge in [-0.1, -0.05) is 22.9 Å². The zero-order valence-corrected chi connectivity index (χ0v) is 9.10. The maximum absolute atomic E-state index is 11.4. The Hall–Kier alpha value is -0.830. The van der Waals surface area contributed by atoms with E-state index in [2.05, 4.69) is 15.9 Å². The zero-order chi connectivity index (χ0) is 9.84. The maximum Gasteiger partial charge on any atom is 0.162 e. The van der Waals surface area contributed by atoms with Crippen molar-refractivity contribution in [2.75, 3.05) is 5.73 Å². The summed E-state index contributed by atoms with van der Waals surface area (Å²) in [5.74, 6) is 0.134. The Morgan fingerprint density at radius 1 is 1.46 bits per heavy atom. The molecule has 0 spiro atoms. The third-order valence-electron chi connectivity index (χ3n) is 1.81. The Morgan fingerprint density at radius 3 is 2.69 bits per heavy atom. The van der Waals surface area contributed by atoms with Crippen molar-refractivity contribution < 1.29 is 4.79 Å². The first-order valence-corrected chi connectivity index (χ1v) is 5.28. The molecule has 0 bridgehead atoms. The monoisotopic (exact) mass is 241 g/mol. The molecule has 0 amide bonds. The van der Waals surface area contributed by atoms with Gasteiger partial charge in [-0.2, -0.15) is 0 Å². The number of ketones is 1. The van der Waals surface area contributed by atoms with Gasteiger partial charge in [0, 0.05) is 23.0 Å². The van der Waals surface area contributed by atoms with Crippen molar-refractivity contribution in [3.05, 3.63) is 29.3 Å². The molecule has 0 atom stereocenters. The summed E-state index contributed by atoms with van der Waals surface area (Å²) in [5, 5.41) is 0.724. The maximum atomic E-state index is 11.4. The average Bonchev–Trinajstić information content (AvgIpc) is 2.15. The molecule has 0 saturated carbocycles. The molecule has 0 aliphatic heterocycles. The molecule has 1 rings (SSSR count). The van der Waals surface area contributed by atoms with Gasteiger partial charge in [0.25, 0.3) is 0 Å². The molecule has 1 aromatic rings. The summed E-state index contributed by atoms with van der Waals surface area (Å²) in [6.45, 7) is 1.85. The van der Waals surface area contributed by atoms with E-state index in [1.54, 1.807) is 6.07 Å². The number of rotatable bonds is 3. The number of nitrogens with two attached hydrogens (primary N) is 1. The third kappa shape index (κ3) is 2.56. The van der Waals surface area contributed by atoms with E-state index in [1.165, 1.54) is 0 Å². The molecular formula is C10H12BrNO. The number of alkyl halides is 1. The predicted molar refractivity (Wildman–Crippen MR) is 58.1 cm³/mol. The Morgan fingerprint density at radius 2 is 2.15 bits per heavy atom. The number of carbonyl (C=O) groups is 1. The molecule has 0 heterocycles. The van der Waals surface area contributed by atoms with Crippen LogP contribution in [0.3, 0.4) is 0 Å². The van der Waals surface area contributed by atoms with E-state index in [1.807, 2.05) is 19.1 Å². The average molecular weight is 242 g/mol. The second-order valence-electron chi connectivity index (χ2n) is 2.87. The lowest BCUT2D eigenvalue weighted by molar-refractivity contribution is 0.0988. The highest BCUT2D eigenvalue weighted by molar-refractivity contribution is 9.08. The number of halogens is 1. The van der Waals surface area contributed by atoms with Gasteiger partial charge < -0.3 is 5.73 Å². The van der Waals surface area contributed by atoms with Crippen LogP contribution in [0.4, 0.5) is 5.69 Å². The van der Waals surface area contributed by atoms with Crippen LogP contribution in [0, 0.1) is 0 Å². The van der Waals surface area contributed by atoms with Gasteiger partial charge in [0.05, 0.1) is 0 Å². The van der Waals surface area contributed by atoms with Crippen LogP contribution in [-0.2, 0) is 5.33 Å². The molecule has 13 heavy (non-hydrogen) atoms. The summed E-state index contributed by atoms with van der Waals surface area (Å²) >= 11 is 3.33. The van der Waals surface area contributed by atoms with E-state index in [0.29, 0.717) is 17.7 Å². The molecule has 0 radical (unpaired) electrons. The van der Waals surface area contributed by atoms with Gasteiger partial charge in [0.2, 0.25) is 0 Å². The van der Waals surface area contributed by atoms with Crippen LogP contribution in [0.2, 0.25) is 0 Å². The largest absolute Gasteiger partial charge is 0.399 e. The summed E-state index contributed by atoms with van der Waals surface area (Å²) in [5.41, 5.74) is 8.05. The molecule has 70 valence electrons. The van der Waals surface area contributed by atoms with Crippen LogP contribution in [0.5, 0.6) is 0 Å². The number of Topliss-reactive ketones (excluding diaryl/α,β-unsaturated/α-hetero) is 1. The molecule has 0 aromatic heterocycles. The summed E-state index contributed by atoms with van der Waals surface area (Å²) in [6.07, 6.45) is 0.519. The molecular weight excluding hydrogens is 230 g/mol. The van der Waals surface area contributed by atoms with Crippen molar-refractivity contribution in [3.63, 3.8) is 0 Å². The number of hydrogen-bond acceptors (Lipinski definition) is 2.